The summed E-state index contributed by atoms with van der Waals surface area (Å²) in [6, 6.07) is 19.8. The van der Waals surface area contributed by atoms with Crippen molar-refractivity contribution in [3.8, 4) is 0 Å². The second-order valence-corrected chi connectivity index (χ2v) is 5.35. The van der Waals surface area contributed by atoms with E-state index >= 15 is 0 Å². The summed E-state index contributed by atoms with van der Waals surface area (Å²) in [5.41, 5.74) is 2.04. The molecular formula is C19H24N2O. The summed E-state index contributed by atoms with van der Waals surface area (Å²) in [7, 11) is 0. The number of nitrogens with zero attached hydrogens (tertiary/aromatic N) is 1. The first kappa shape index (κ1) is 16.1. The third-order valence-corrected chi connectivity index (χ3v) is 3.55. The number of hydrogen-bond acceptors (Lipinski definition) is 1. The van der Waals surface area contributed by atoms with Crippen molar-refractivity contribution in [3.05, 3.63) is 66.2 Å². The number of unbranched alkanes of at least 4 members (excludes halogenated alkanes) is 2. The summed E-state index contributed by atoms with van der Waals surface area (Å²) in [5, 5.41) is 3.02. The summed E-state index contributed by atoms with van der Waals surface area (Å²) in [6.45, 7) is 3.46. The van der Waals surface area contributed by atoms with Crippen LogP contribution in [0.3, 0.4) is 0 Å². The average Bonchev–Trinajstić information content (AvgIpc) is 2.58. The molecule has 0 atom stereocenters. The molecule has 2 rings (SSSR count). The van der Waals surface area contributed by atoms with E-state index in [1.54, 1.807) is 4.90 Å². The topological polar surface area (TPSA) is 32.3 Å². The first-order chi connectivity index (χ1) is 10.8. The van der Waals surface area contributed by atoms with Gasteiger partial charge in [-0.15, -0.1) is 0 Å². The van der Waals surface area contributed by atoms with Crippen LogP contribution in [-0.4, -0.2) is 12.6 Å². The molecule has 0 heterocycles. The van der Waals surface area contributed by atoms with Gasteiger partial charge in [0.2, 0.25) is 0 Å². The lowest BCUT2D eigenvalue weighted by Gasteiger charge is -2.23. The number of carbonyl (C=O) groups excluding carboxylic acids is 1. The summed E-state index contributed by atoms with van der Waals surface area (Å²) in [6.07, 6.45) is 3.32. The lowest BCUT2D eigenvalue weighted by atomic mass is 10.2. The van der Waals surface area contributed by atoms with Gasteiger partial charge in [-0.2, -0.15) is 0 Å². The van der Waals surface area contributed by atoms with E-state index in [4.69, 9.17) is 0 Å². The van der Waals surface area contributed by atoms with E-state index in [1.807, 2.05) is 60.7 Å². The zero-order chi connectivity index (χ0) is 15.6. The van der Waals surface area contributed by atoms with Crippen LogP contribution in [0.2, 0.25) is 0 Å². The fourth-order valence-electron chi connectivity index (χ4n) is 2.32. The van der Waals surface area contributed by atoms with Gasteiger partial charge in [-0.05, 0) is 24.1 Å². The second-order valence-electron chi connectivity index (χ2n) is 5.35. The summed E-state index contributed by atoms with van der Waals surface area (Å²) >= 11 is 0. The first-order valence-corrected chi connectivity index (χ1v) is 7.95. The van der Waals surface area contributed by atoms with Crippen molar-refractivity contribution in [1.82, 2.24) is 5.32 Å². The number of amides is 2. The fourth-order valence-corrected chi connectivity index (χ4v) is 2.32. The van der Waals surface area contributed by atoms with E-state index in [0.29, 0.717) is 6.54 Å². The lowest BCUT2D eigenvalue weighted by Crippen LogP contribution is -2.40. The molecule has 0 aromatic heterocycles. The SMILES string of the molecule is CCCCCNC(=O)N(Cc1ccccc1)c1ccccc1. The fraction of sp³-hybridized carbons (Fsp3) is 0.316. The molecule has 0 saturated carbocycles. The van der Waals surface area contributed by atoms with Crippen LogP contribution < -0.4 is 10.2 Å². The maximum absolute atomic E-state index is 12.5. The molecule has 0 spiro atoms. The Kier molecular flexibility index (Phi) is 6.49. The molecule has 0 bridgehead atoms. The van der Waals surface area contributed by atoms with E-state index < -0.39 is 0 Å². The Morgan fingerprint density at radius 2 is 1.59 bits per heavy atom. The predicted octanol–water partition coefficient (Wildman–Crippen LogP) is 4.59. The number of carbonyl (C=O) groups is 1. The Morgan fingerprint density at radius 1 is 0.955 bits per heavy atom. The molecule has 0 fully saturated rings. The molecule has 2 amide bonds. The lowest BCUT2D eigenvalue weighted by molar-refractivity contribution is 0.246. The standard InChI is InChI=1S/C19H24N2O/c1-2-3-10-15-20-19(22)21(18-13-8-5-9-14-18)16-17-11-6-4-7-12-17/h4-9,11-14H,2-3,10,15-16H2,1H3,(H,20,22). The largest absolute Gasteiger partial charge is 0.338 e. The van der Waals surface area contributed by atoms with Crippen LogP contribution in [0.5, 0.6) is 0 Å². The van der Waals surface area contributed by atoms with Crippen molar-refractivity contribution in [2.24, 2.45) is 0 Å². The quantitative estimate of drug-likeness (QED) is 0.744. The molecule has 3 heteroatoms. The molecule has 0 aliphatic carbocycles. The Bertz CT molecular complexity index is 554. The van der Waals surface area contributed by atoms with Gasteiger partial charge < -0.3 is 5.32 Å². The van der Waals surface area contributed by atoms with Crippen LogP contribution in [-0.2, 0) is 6.54 Å². The predicted molar refractivity (Wildman–Crippen MR) is 92.0 cm³/mol. The Morgan fingerprint density at radius 3 is 2.23 bits per heavy atom. The highest BCUT2D eigenvalue weighted by Crippen LogP contribution is 2.17. The van der Waals surface area contributed by atoms with Gasteiger partial charge in [-0.25, -0.2) is 4.79 Å². The third kappa shape index (κ3) is 4.92. The first-order valence-electron chi connectivity index (χ1n) is 7.95. The number of urea groups is 1. The zero-order valence-corrected chi connectivity index (χ0v) is 13.2. The van der Waals surface area contributed by atoms with Crippen molar-refractivity contribution in [2.45, 2.75) is 32.7 Å². The van der Waals surface area contributed by atoms with Gasteiger partial charge >= 0.3 is 6.03 Å². The van der Waals surface area contributed by atoms with Gasteiger partial charge in [0.05, 0.1) is 6.54 Å². The number of anilines is 1. The molecule has 116 valence electrons. The van der Waals surface area contributed by atoms with Crippen molar-refractivity contribution in [3.63, 3.8) is 0 Å². The van der Waals surface area contributed by atoms with Crippen LogP contribution in [0, 0.1) is 0 Å². The average molecular weight is 296 g/mol. The highest BCUT2D eigenvalue weighted by Gasteiger charge is 2.15. The molecule has 2 aromatic rings. The van der Waals surface area contributed by atoms with E-state index in [2.05, 4.69) is 12.2 Å². The van der Waals surface area contributed by atoms with Gasteiger partial charge in [-0.1, -0.05) is 68.3 Å². The minimum Gasteiger partial charge on any atom is -0.338 e. The Balaban J connectivity index is 2.06. The van der Waals surface area contributed by atoms with Gasteiger partial charge in [0.15, 0.2) is 0 Å². The highest BCUT2D eigenvalue weighted by atomic mass is 16.2. The van der Waals surface area contributed by atoms with Crippen LogP contribution >= 0.6 is 0 Å². The molecule has 0 unspecified atom stereocenters. The molecular weight excluding hydrogens is 272 g/mol. The Hall–Kier alpha value is -2.29. The minimum absolute atomic E-state index is 0.0360. The van der Waals surface area contributed by atoms with E-state index in [-0.39, 0.29) is 6.03 Å². The maximum atomic E-state index is 12.5. The van der Waals surface area contributed by atoms with Crippen molar-refractivity contribution in [2.75, 3.05) is 11.4 Å². The molecule has 2 aromatic carbocycles. The number of rotatable bonds is 7. The van der Waals surface area contributed by atoms with Crippen LogP contribution in [0.4, 0.5) is 10.5 Å². The van der Waals surface area contributed by atoms with E-state index in [1.165, 1.54) is 0 Å². The smallest absolute Gasteiger partial charge is 0.322 e. The molecule has 0 aliphatic heterocycles. The third-order valence-electron chi connectivity index (χ3n) is 3.55. The number of para-hydroxylation sites is 1. The maximum Gasteiger partial charge on any atom is 0.322 e. The Labute approximate surface area is 133 Å². The van der Waals surface area contributed by atoms with Gasteiger partial charge in [0, 0.05) is 12.2 Å². The van der Waals surface area contributed by atoms with Gasteiger partial charge in [0.25, 0.3) is 0 Å². The van der Waals surface area contributed by atoms with Crippen molar-refractivity contribution in [1.29, 1.82) is 0 Å². The highest BCUT2D eigenvalue weighted by molar-refractivity contribution is 5.91. The number of benzene rings is 2. The second kappa shape index (κ2) is 8.88. The molecule has 22 heavy (non-hydrogen) atoms. The van der Waals surface area contributed by atoms with E-state index in [9.17, 15) is 4.79 Å². The summed E-state index contributed by atoms with van der Waals surface area (Å²) in [5.74, 6) is 0. The van der Waals surface area contributed by atoms with Gasteiger partial charge in [-0.3, -0.25) is 4.90 Å². The van der Waals surface area contributed by atoms with Crippen molar-refractivity contribution < 1.29 is 4.79 Å². The molecule has 3 nitrogen and oxygen atoms in total. The summed E-state index contributed by atoms with van der Waals surface area (Å²) in [4.78, 5) is 14.3. The molecule has 0 saturated heterocycles. The van der Waals surface area contributed by atoms with Crippen LogP contribution in [0.25, 0.3) is 0 Å². The van der Waals surface area contributed by atoms with Crippen LogP contribution in [0.15, 0.2) is 60.7 Å². The number of nitrogens with one attached hydrogen (secondary N) is 1. The summed E-state index contributed by atoms with van der Waals surface area (Å²) < 4.78 is 0. The zero-order valence-electron chi connectivity index (χ0n) is 13.2. The molecule has 0 radical (unpaired) electrons. The molecule has 0 aliphatic rings. The minimum atomic E-state index is -0.0360. The number of hydrogen-bond donors (Lipinski definition) is 1. The van der Waals surface area contributed by atoms with E-state index in [0.717, 1.165) is 37.1 Å². The van der Waals surface area contributed by atoms with Gasteiger partial charge in [0.1, 0.15) is 0 Å². The molecule has 1 N–H and O–H groups in total. The van der Waals surface area contributed by atoms with Crippen molar-refractivity contribution >= 4 is 11.7 Å². The monoisotopic (exact) mass is 296 g/mol. The normalized spacial score (nSPS) is 10.2. The van der Waals surface area contributed by atoms with Crippen LogP contribution in [0.1, 0.15) is 31.7 Å².